The summed E-state index contributed by atoms with van der Waals surface area (Å²) < 4.78 is 1.63. The van der Waals surface area contributed by atoms with Gasteiger partial charge in [0.15, 0.2) is 5.65 Å². The number of likely N-dealkylation sites (tertiary alicyclic amines) is 1. The fraction of sp³-hybridized carbons (Fsp3) is 0.600. The minimum atomic E-state index is 0.0556. The van der Waals surface area contributed by atoms with Crippen LogP contribution < -0.4 is 5.56 Å². The SMILES string of the molecule is CCc1c(C)nc2cc([C@@H]3CCN(C[C@@H]4CC=CCC4)C3)[nH]n2c1=O. The van der Waals surface area contributed by atoms with Crippen molar-refractivity contribution in [3.05, 3.63) is 45.5 Å². The normalized spacial score (nSPS) is 24.4. The standard InChI is InChI=1S/C20H28N4O/c1-3-17-14(2)21-19-11-18(22-24(19)20(17)25)16-9-10-23(13-16)12-15-7-5-4-6-8-15/h4-5,11,15-16,22H,3,6-10,12-13H2,1-2H3/t15-,16-/m1/s1. The lowest BCUT2D eigenvalue weighted by Crippen LogP contribution is -2.28. The van der Waals surface area contributed by atoms with Crippen LogP contribution in [0.5, 0.6) is 0 Å². The fourth-order valence-electron chi connectivity index (χ4n) is 4.44. The van der Waals surface area contributed by atoms with Crippen molar-refractivity contribution in [1.29, 1.82) is 0 Å². The number of allylic oxidation sites excluding steroid dienone is 2. The Hall–Kier alpha value is -1.88. The highest BCUT2D eigenvalue weighted by Gasteiger charge is 2.27. The Morgan fingerprint density at radius 3 is 2.96 bits per heavy atom. The van der Waals surface area contributed by atoms with Gasteiger partial charge in [0, 0.05) is 42.0 Å². The van der Waals surface area contributed by atoms with Gasteiger partial charge in [0.1, 0.15) is 0 Å². The highest BCUT2D eigenvalue weighted by molar-refractivity contribution is 5.42. The number of aromatic nitrogens is 3. The van der Waals surface area contributed by atoms with E-state index in [1.165, 1.54) is 25.8 Å². The Morgan fingerprint density at radius 2 is 2.20 bits per heavy atom. The molecule has 0 unspecified atom stereocenters. The van der Waals surface area contributed by atoms with E-state index >= 15 is 0 Å². The molecule has 1 saturated heterocycles. The van der Waals surface area contributed by atoms with E-state index in [1.54, 1.807) is 4.52 Å². The number of aryl methyl sites for hydroxylation is 1. The first-order valence-electron chi connectivity index (χ1n) is 9.64. The molecule has 3 heterocycles. The van der Waals surface area contributed by atoms with Crippen LogP contribution in [-0.2, 0) is 6.42 Å². The molecule has 2 atom stereocenters. The highest BCUT2D eigenvalue weighted by atomic mass is 16.1. The first-order chi connectivity index (χ1) is 12.2. The summed E-state index contributed by atoms with van der Waals surface area (Å²) in [4.78, 5) is 19.8. The van der Waals surface area contributed by atoms with E-state index in [2.05, 4.69) is 33.2 Å². The molecule has 1 aliphatic heterocycles. The summed E-state index contributed by atoms with van der Waals surface area (Å²) in [5.41, 5.74) is 3.63. The van der Waals surface area contributed by atoms with Crippen LogP contribution in [0, 0.1) is 12.8 Å². The molecule has 134 valence electrons. The van der Waals surface area contributed by atoms with Crippen molar-refractivity contribution in [3.63, 3.8) is 0 Å². The third-order valence-corrected chi connectivity index (χ3v) is 5.89. The van der Waals surface area contributed by atoms with Crippen molar-refractivity contribution >= 4 is 5.65 Å². The number of nitrogens with one attached hydrogen (secondary N) is 1. The summed E-state index contributed by atoms with van der Waals surface area (Å²) in [5.74, 6) is 1.29. The average molecular weight is 340 g/mol. The van der Waals surface area contributed by atoms with Crippen molar-refractivity contribution in [2.24, 2.45) is 5.92 Å². The van der Waals surface area contributed by atoms with Gasteiger partial charge in [-0.25, -0.2) is 9.50 Å². The molecule has 0 spiro atoms. The summed E-state index contributed by atoms with van der Waals surface area (Å²) in [5, 5.41) is 3.34. The maximum Gasteiger partial charge on any atom is 0.276 e. The average Bonchev–Trinajstić information content (AvgIpc) is 3.23. The Kier molecular flexibility index (Phi) is 4.50. The maximum atomic E-state index is 12.6. The number of hydrogen-bond donors (Lipinski definition) is 1. The number of nitrogens with zero attached hydrogens (tertiary/aromatic N) is 3. The van der Waals surface area contributed by atoms with Crippen LogP contribution in [0.2, 0.25) is 0 Å². The minimum absolute atomic E-state index is 0.0556. The molecule has 5 nitrogen and oxygen atoms in total. The molecule has 5 heteroatoms. The first-order valence-corrected chi connectivity index (χ1v) is 9.64. The lowest BCUT2D eigenvalue weighted by Gasteiger charge is -2.24. The predicted molar refractivity (Wildman–Crippen MR) is 100 cm³/mol. The number of aromatic amines is 1. The Morgan fingerprint density at radius 1 is 1.32 bits per heavy atom. The molecule has 0 bridgehead atoms. The highest BCUT2D eigenvalue weighted by Crippen LogP contribution is 2.29. The van der Waals surface area contributed by atoms with Crippen LogP contribution >= 0.6 is 0 Å². The summed E-state index contributed by atoms with van der Waals surface area (Å²) in [6.45, 7) is 7.39. The molecule has 1 aliphatic carbocycles. The van der Waals surface area contributed by atoms with E-state index in [1.807, 2.05) is 13.8 Å². The second kappa shape index (κ2) is 6.79. The van der Waals surface area contributed by atoms with E-state index in [9.17, 15) is 4.79 Å². The van der Waals surface area contributed by atoms with E-state index < -0.39 is 0 Å². The van der Waals surface area contributed by atoms with Gasteiger partial charge in [-0.3, -0.25) is 9.89 Å². The molecule has 2 aromatic rings. The molecule has 2 aromatic heterocycles. The zero-order valence-corrected chi connectivity index (χ0v) is 15.3. The van der Waals surface area contributed by atoms with Crippen LogP contribution in [0.4, 0.5) is 0 Å². The third kappa shape index (κ3) is 3.17. The molecule has 0 saturated carbocycles. The van der Waals surface area contributed by atoms with Crippen LogP contribution in [0.1, 0.15) is 55.5 Å². The molecule has 2 aliphatic rings. The third-order valence-electron chi connectivity index (χ3n) is 5.89. The monoisotopic (exact) mass is 340 g/mol. The lowest BCUT2D eigenvalue weighted by atomic mass is 9.94. The van der Waals surface area contributed by atoms with Crippen molar-refractivity contribution < 1.29 is 0 Å². The summed E-state index contributed by atoms with van der Waals surface area (Å²) in [7, 11) is 0. The van der Waals surface area contributed by atoms with Crippen molar-refractivity contribution in [3.8, 4) is 0 Å². The van der Waals surface area contributed by atoms with Gasteiger partial charge in [-0.05, 0) is 51.5 Å². The van der Waals surface area contributed by atoms with Crippen molar-refractivity contribution in [1.82, 2.24) is 19.5 Å². The maximum absolute atomic E-state index is 12.6. The molecular weight excluding hydrogens is 312 g/mol. The predicted octanol–water partition coefficient (Wildman–Crippen LogP) is 3.04. The summed E-state index contributed by atoms with van der Waals surface area (Å²) >= 11 is 0. The quantitative estimate of drug-likeness (QED) is 0.871. The van der Waals surface area contributed by atoms with Gasteiger partial charge in [0.2, 0.25) is 0 Å². The van der Waals surface area contributed by atoms with Gasteiger partial charge in [0.05, 0.1) is 0 Å². The van der Waals surface area contributed by atoms with Crippen molar-refractivity contribution in [2.45, 2.75) is 51.9 Å². The fourth-order valence-corrected chi connectivity index (χ4v) is 4.44. The topological polar surface area (TPSA) is 53.4 Å². The second-order valence-corrected chi connectivity index (χ2v) is 7.64. The lowest BCUT2D eigenvalue weighted by molar-refractivity contribution is 0.263. The number of hydrogen-bond acceptors (Lipinski definition) is 3. The summed E-state index contributed by atoms with van der Waals surface area (Å²) in [6.07, 6.45) is 10.3. The molecule has 1 N–H and O–H groups in total. The van der Waals surface area contributed by atoms with Gasteiger partial charge in [-0.1, -0.05) is 19.1 Å². The largest absolute Gasteiger partial charge is 0.302 e. The zero-order chi connectivity index (χ0) is 17.4. The minimum Gasteiger partial charge on any atom is -0.302 e. The first kappa shape index (κ1) is 16.6. The van der Waals surface area contributed by atoms with Crippen LogP contribution in [0.3, 0.4) is 0 Å². The summed E-state index contributed by atoms with van der Waals surface area (Å²) in [6, 6.07) is 2.07. The van der Waals surface area contributed by atoms with Gasteiger partial charge >= 0.3 is 0 Å². The van der Waals surface area contributed by atoms with Crippen LogP contribution in [0.25, 0.3) is 5.65 Å². The molecule has 0 amide bonds. The van der Waals surface area contributed by atoms with Crippen LogP contribution in [-0.4, -0.2) is 39.1 Å². The number of rotatable bonds is 4. The van der Waals surface area contributed by atoms with E-state index in [-0.39, 0.29) is 5.56 Å². The molecule has 0 aromatic carbocycles. The Labute approximate surface area is 148 Å². The molecule has 25 heavy (non-hydrogen) atoms. The molecule has 4 rings (SSSR count). The molecular formula is C20H28N4O. The Bertz CT molecular complexity index is 847. The Balaban J connectivity index is 1.51. The zero-order valence-electron chi connectivity index (χ0n) is 15.3. The van der Waals surface area contributed by atoms with Gasteiger partial charge in [0.25, 0.3) is 5.56 Å². The number of fused-ring (bicyclic) bond motifs is 1. The van der Waals surface area contributed by atoms with E-state index in [4.69, 9.17) is 0 Å². The molecule has 0 radical (unpaired) electrons. The van der Waals surface area contributed by atoms with Gasteiger partial charge in [-0.2, -0.15) is 0 Å². The van der Waals surface area contributed by atoms with Crippen molar-refractivity contribution in [2.75, 3.05) is 19.6 Å². The van der Waals surface area contributed by atoms with E-state index in [0.717, 1.165) is 54.4 Å². The second-order valence-electron chi connectivity index (χ2n) is 7.64. The van der Waals surface area contributed by atoms with Gasteiger partial charge < -0.3 is 4.90 Å². The van der Waals surface area contributed by atoms with Gasteiger partial charge in [-0.15, -0.1) is 0 Å². The van der Waals surface area contributed by atoms with Crippen LogP contribution in [0.15, 0.2) is 23.0 Å². The van der Waals surface area contributed by atoms with E-state index in [0.29, 0.717) is 5.92 Å². The smallest absolute Gasteiger partial charge is 0.276 e. The molecule has 1 fully saturated rings. The number of H-pyrrole nitrogens is 1.